The van der Waals surface area contributed by atoms with Crippen LogP contribution in [0, 0.1) is 11.3 Å². The van der Waals surface area contributed by atoms with Crippen molar-refractivity contribution in [3.05, 3.63) is 35.4 Å². The first-order valence-corrected chi connectivity index (χ1v) is 6.84. The van der Waals surface area contributed by atoms with Gasteiger partial charge in [-0.25, -0.2) is 4.79 Å². The second-order valence-corrected chi connectivity index (χ2v) is 5.76. The van der Waals surface area contributed by atoms with Crippen LogP contribution in [0.2, 0.25) is 0 Å². The van der Waals surface area contributed by atoms with Crippen molar-refractivity contribution >= 4 is 17.8 Å². The van der Waals surface area contributed by atoms with Gasteiger partial charge in [0.05, 0.1) is 16.5 Å². The molecule has 0 spiro atoms. The zero-order valence-electron chi connectivity index (χ0n) is 10.8. The summed E-state index contributed by atoms with van der Waals surface area (Å²) < 4.78 is 0. The number of hydroxylamine groups is 2. The van der Waals surface area contributed by atoms with Crippen LogP contribution in [0.3, 0.4) is 0 Å². The van der Waals surface area contributed by atoms with E-state index in [1.54, 1.807) is 24.3 Å². The molecule has 2 saturated carbocycles. The Labute approximate surface area is 115 Å². The second-order valence-electron chi connectivity index (χ2n) is 5.76. The first kappa shape index (κ1) is 11.6. The number of carbonyl (C=O) groups excluding carboxylic acids is 3. The maximum absolute atomic E-state index is 12.2. The van der Waals surface area contributed by atoms with Gasteiger partial charge < -0.3 is 4.84 Å². The molecule has 2 fully saturated rings. The molecular weight excluding hydrogens is 258 g/mol. The predicted octanol–water partition coefficient (Wildman–Crippen LogP) is 1.93. The maximum Gasteiger partial charge on any atom is 0.339 e. The largest absolute Gasteiger partial charge is 0.339 e. The van der Waals surface area contributed by atoms with E-state index >= 15 is 0 Å². The molecule has 20 heavy (non-hydrogen) atoms. The highest BCUT2D eigenvalue weighted by Gasteiger charge is 2.61. The number of benzene rings is 1. The van der Waals surface area contributed by atoms with Crippen LogP contribution in [0.1, 0.15) is 46.4 Å². The molecule has 0 saturated heterocycles. The number of hydrogen-bond donors (Lipinski definition) is 0. The zero-order chi connectivity index (χ0) is 13.9. The lowest BCUT2D eigenvalue weighted by Gasteiger charge is -2.17. The van der Waals surface area contributed by atoms with E-state index in [0.29, 0.717) is 22.1 Å². The predicted molar refractivity (Wildman–Crippen MR) is 67.4 cm³/mol. The Hall–Kier alpha value is -2.17. The molecule has 1 aromatic carbocycles. The summed E-state index contributed by atoms with van der Waals surface area (Å²) in [6, 6.07) is 6.50. The highest BCUT2D eigenvalue weighted by atomic mass is 16.7. The normalized spacial score (nSPS) is 22.7. The third-order valence-corrected chi connectivity index (χ3v) is 4.49. The van der Waals surface area contributed by atoms with Crippen LogP contribution < -0.4 is 0 Å². The van der Waals surface area contributed by atoms with Crippen LogP contribution in [0.5, 0.6) is 0 Å². The first-order chi connectivity index (χ1) is 9.63. The molecule has 5 nitrogen and oxygen atoms in total. The van der Waals surface area contributed by atoms with Gasteiger partial charge in [0.1, 0.15) is 0 Å². The summed E-state index contributed by atoms with van der Waals surface area (Å²) in [5.41, 5.74) is 0.165. The Kier molecular flexibility index (Phi) is 2.14. The molecule has 3 aliphatic rings. The van der Waals surface area contributed by atoms with Gasteiger partial charge in [-0.2, -0.15) is 0 Å². The van der Waals surface area contributed by atoms with Gasteiger partial charge in [0, 0.05) is 0 Å². The quantitative estimate of drug-likeness (QED) is 0.788. The minimum absolute atomic E-state index is 0.293. The van der Waals surface area contributed by atoms with Crippen molar-refractivity contribution in [1.29, 1.82) is 0 Å². The van der Waals surface area contributed by atoms with E-state index in [1.165, 1.54) is 0 Å². The van der Waals surface area contributed by atoms with Gasteiger partial charge in [-0.05, 0) is 43.7 Å². The summed E-state index contributed by atoms with van der Waals surface area (Å²) >= 11 is 0. The van der Waals surface area contributed by atoms with Gasteiger partial charge in [-0.3, -0.25) is 9.59 Å². The highest BCUT2D eigenvalue weighted by Crippen LogP contribution is 2.62. The van der Waals surface area contributed by atoms with Crippen molar-refractivity contribution < 1.29 is 19.2 Å². The molecule has 0 atom stereocenters. The standard InChI is InChI=1S/C15H13NO4/c17-12-10-3-1-2-4-11(10)13(18)16(12)20-14(19)15(7-8-15)9-5-6-9/h1-4,9H,5-8H2. The molecule has 1 heterocycles. The number of rotatable bonds is 3. The van der Waals surface area contributed by atoms with E-state index in [1.807, 2.05) is 0 Å². The summed E-state index contributed by atoms with van der Waals surface area (Å²) in [6.07, 6.45) is 3.69. The van der Waals surface area contributed by atoms with Crippen molar-refractivity contribution in [2.24, 2.45) is 11.3 Å². The minimum atomic E-state index is -0.550. The Morgan fingerprint density at radius 2 is 1.65 bits per heavy atom. The lowest BCUT2D eigenvalue weighted by molar-refractivity contribution is -0.176. The molecular formula is C15H13NO4. The molecule has 0 bridgehead atoms. The molecule has 0 radical (unpaired) electrons. The Balaban J connectivity index is 1.57. The fraction of sp³-hybridized carbons (Fsp3) is 0.400. The van der Waals surface area contributed by atoms with Crippen molar-refractivity contribution in [3.8, 4) is 0 Å². The number of imide groups is 1. The summed E-state index contributed by atoms with van der Waals surface area (Å²) in [4.78, 5) is 41.6. The SMILES string of the molecule is O=C1c2ccccc2C(=O)N1OC(=O)C1(C2CC2)CC1. The van der Waals surface area contributed by atoms with E-state index in [-0.39, 0.29) is 0 Å². The van der Waals surface area contributed by atoms with Gasteiger partial charge in [-0.1, -0.05) is 17.2 Å². The second kappa shape index (κ2) is 3.69. The van der Waals surface area contributed by atoms with E-state index in [2.05, 4.69) is 0 Å². The van der Waals surface area contributed by atoms with Crippen LogP contribution in [0.25, 0.3) is 0 Å². The number of carbonyl (C=O) groups is 3. The number of nitrogens with zero attached hydrogens (tertiary/aromatic N) is 1. The first-order valence-electron chi connectivity index (χ1n) is 6.84. The average Bonchev–Trinajstić information content (AvgIpc) is 3.34. The van der Waals surface area contributed by atoms with Gasteiger partial charge in [0.15, 0.2) is 0 Å². The number of hydrogen-bond acceptors (Lipinski definition) is 4. The molecule has 0 unspecified atom stereocenters. The third-order valence-electron chi connectivity index (χ3n) is 4.49. The summed E-state index contributed by atoms with van der Waals surface area (Å²) in [5.74, 6) is -1.14. The topological polar surface area (TPSA) is 63.7 Å². The summed E-state index contributed by atoms with van der Waals surface area (Å²) in [7, 11) is 0. The lowest BCUT2D eigenvalue weighted by atomic mass is 10.0. The van der Waals surface area contributed by atoms with Gasteiger partial charge in [-0.15, -0.1) is 0 Å². The average molecular weight is 271 g/mol. The van der Waals surface area contributed by atoms with Gasteiger partial charge >= 0.3 is 5.97 Å². The highest BCUT2D eigenvalue weighted by molar-refractivity contribution is 6.20. The fourth-order valence-electron chi connectivity index (χ4n) is 2.97. The monoisotopic (exact) mass is 271 g/mol. The van der Waals surface area contributed by atoms with Crippen molar-refractivity contribution in [2.45, 2.75) is 25.7 Å². The Bertz CT molecular complexity index is 608. The van der Waals surface area contributed by atoms with Crippen LogP contribution in [0.15, 0.2) is 24.3 Å². The molecule has 5 heteroatoms. The Morgan fingerprint density at radius 1 is 1.10 bits per heavy atom. The van der Waals surface area contributed by atoms with E-state index in [4.69, 9.17) is 4.84 Å². The van der Waals surface area contributed by atoms with E-state index in [0.717, 1.165) is 25.7 Å². The van der Waals surface area contributed by atoms with Gasteiger partial charge in [0.2, 0.25) is 0 Å². The Morgan fingerprint density at radius 3 is 2.10 bits per heavy atom. The molecule has 102 valence electrons. The van der Waals surface area contributed by atoms with Crippen LogP contribution in [0.4, 0.5) is 0 Å². The van der Waals surface area contributed by atoms with Crippen molar-refractivity contribution in [2.75, 3.05) is 0 Å². The summed E-state index contributed by atoms with van der Waals surface area (Å²) in [6.45, 7) is 0. The molecule has 0 aromatic heterocycles. The molecule has 2 aliphatic carbocycles. The number of amides is 2. The maximum atomic E-state index is 12.2. The van der Waals surface area contributed by atoms with Gasteiger partial charge in [0.25, 0.3) is 11.8 Å². The third kappa shape index (κ3) is 1.46. The van der Waals surface area contributed by atoms with Crippen LogP contribution >= 0.6 is 0 Å². The van der Waals surface area contributed by atoms with Crippen molar-refractivity contribution in [1.82, 2.24) is 5.06 Å². The minimum Gasteiger partial charge on any atom is -0.329 e. The van der Waals surface area contributed by atoms with E-state index in [9.17, 15) is 14.4 Å². The molecule has 1 aromatic rings. The van der Waals surface area contributed by atoms with E-state index < -0.39 is 23.2 Å². The van der Waals surface area contributed by atoms with Crippen LogP contribution in [-0.4, -0.2) is 22.8 Å². The van der Waals surface area contributed by atoms with Crippen molar-refractivity contribution in [3.63, 3.8) is 0 Å². The number of fused-ring (bicyclic) bond motifs is 1. The molecule has 4 rings (SSSR count). The summed E-state index contributed by atoms with van der Waals surface area (Å²) in [5, 5.41) is 0.620. The molecule has 0 N–H and O–H groups in total. The smallest absolute Gasteiger partial charge is 0.329 e. The lowest BCUT2D eigenvalue weighted by Crippen LogP contribution is -2.36. The molecule has 2 amide bonds. The fourth-order valence-corrected chi connectivity index (χ4v) is 2.97. The van der Waals surface area contributed by atoms with Crippen LogP contribution in [-0.2, 0) is 9.63 Å². The molecule has 1 aliphatic heterocycles. The zero-order valence-corrected chi connectivity index (χ0v) is 10.8.